The molecule has 0 bridgehead atoms. The summed E-state index contributed by atoms with van der Waals surface area (Å²) < 4.78 is 5.47. The third-order valence-corrected chi connectivity index (χ3v) is 4.61. The van der Waals surface area contributed by atoms with E-state index in [0.29, 0.717) is 13.1 Å². The first-order chi connectivity index (χ1) is 10.8. The molecule has 1 unspecified atom stereocenters. The van der Waals surface area contributed by atoms with Gasteiger partial charge in [-0.05, 0) is 39.1 Å². The van der Waals surface area contributed by atoms with Crippen molar-refractivity contribution in [1.82, 2.24) is 14.9 Å². The van der Waals surface area contributed by atoms with E-state index in [2.05, 4.69) is 27.9 Å². The molecule has 1 aliphatic rings. The van der Waals surface area contributed by atoms with Gasteiger partial charge in [-0.2, -0.15) is 0 Å². The van der Waals surface area contributed by atoms with Gasteiger partial charge in [-0.3, -0.25) is 0 Å². The zero-order valence-corrected chi connectivity index (χ0v) is 14.8. The van der Waals surface area contributed by atoms with Gasteiger partial charge in [-0.25, -0.2) is 14.8 Å². The van der Waals surface area contributed by atoms with Crippen molar-refractivity contribution in [2.45, 2.75) is 39.3 Å². The second-order valence-electron chi connectivity index (χ2n) is 6.81. The van der Waals surface area contributed by atoms with Crippen molar-refractivity contribution in [3.63, 3.8) is 0 Å². The molecule has 3 rings (SSSR count). The Labute approximate surface area is 140 Å². The Morgan fingerprint density at radius 2 is 2.13 bits per heavy atom. The highest BCUT2D eigenvalue weighted by molar-refractivity contribution is 7.16. The molecule has 0 aliphatic carbocycles. The van der Waals surface area contributed by atoms with E-state index in [4.69, 9.17) is 4.74 Å². The number of nitrogens with zero attached hydrogens (tertiary/aromatic N) is 4. The Hall–Kier alpha value is -1.89. The van der Waals surface area contributed by atoms with E-state index >= 15 is 0 Å². The normalized spacial score (nSPS) is 19.2. The number of amides is 1. The summed E-state index contributed by atoms with van der Waals surface area (Å²) in [7, 11) is 0. The molecular formula is C16H22N4O2S. The highest BCUT2D eigenvalue weighted by Gasteiger charge is 2.31. The number of fused-ring (bicyclic) bond motifs is 1. The minimum absolute atomic E-state index is 0.175. The number of anilines is 1. The summed E-state index contributed by atoms with van der Waals surface area (Å²) in [5.74, 6) is 0.951. The lowest BCUT2D eigenvalue weighted by Gasteiger charge is -2.40. The fraction of sp³-hybridized carbons (Fsp3) is 0.562. The van der Waals surface area contributed by atoms with Gasteiger partial charge < -0.3 is 14.5 Å². The van der Waals surface area contributed by atoms with Crippen LogP contribution in [0.5, 0.6) is 0 Å². The van der Waals surface area contributed by atoms with Crippen LogP contribution in [-0.2, 0) is 4.74 Å². The van der Waals surface area contributed by atoms with Gasteiger partial charge in [-0.1, -0.05) is 0 Å². The average Bonchev–Trinajstić information content (AvgIpc) is 2.94. The fourth-order valence-corrected chi connectivity index (χ4v) is 3.50. The molecule has 7 heteroatoms. The largest absolute Gasteiger partial charge is 0.444 e. The van der Waals surface area contributed by atoms with E-state index in [1.54, 1.807) is 22.6 Å². The molecule has 2 aromatic heterocycles. The van der Waals surface area contributed by atoms with Gasteiger partial charge in [0.05, 0.1) is 5.39 Å². The molecule has 124 valence electrons. The molecule has 0 spiro atoms. The SMILES string of the molecule is CC1CN(C(=O)OC(C)(C)C)CCN1c1ncnc2sccc12. The van der Waals surface area contributed by atoms with Crippen LogP contribution < -0.4 is 4.90 Å². The van der Waals surface area contributed by atoms with Crippen molar-refractivity contribution in [3.8, 4) is 0 Å². The smallest absolute Gasteiger partial charge is 0.410 e. The predicted molar refractivity (Wildman–Crippen MR) is 92.0 cm³/mol. The molecule has 1 aliphatic heterocycles. The maximum absolute atomic E-state index is 12.2. The number of piperazine rings is 1. The second-order valence-corrected chi connectivity index (χ2v) is 7.70. The van der Waals surface area contributed by atoms with Gasteiger partial charge in [0.2, 0.25) is 0 Å². The number of carbonyl (C=O) groups is 1. The van der Waals surface area contributed by atoms with E-state index in [1.807, 2.05) is 26.2 Å². The molecular weight excluding hydrogens is 312 g/mol. The maximum atomic E-state index is 12.2. The van der Waals surface area contributed by atoms with Gasteiger partial charge in [0.1, 0.15) is 22.6 Å². The van der Waals surface area contributed by atoms with Crippen LogP contribution in [0.1, 0.15) is 27.7 Å². The summed E-state index contributed by atoms with van der Waals surface area (Å²) in [6.07, 6.45) is 1.37. The fourth-order valence-electron chi connectivity index (χ4n) is 2.77. The molecule has 1 atom stereocenters. The average molecular weight is 334 g/mol. The first-order valence-corrected chi connectivity index (χ1v) is 8.66. The van der Waals surface area contributed by atoms with E-state index in [-0.39, 0.29) is 12.1 Å². The van der Waals surface area contributed by atoms with E-state index in [1.165, 1.54) is 0 Å². The summed E-state index contributed by atoms with van der Waals surface area (Å²) in [6, 6.07) is 2.23. The minimum atomic E-state index is -0.465. The van der Waals surface area contributed by atoms with E-state index < -0.39 is 5.60 Å². The number of hydrogen-bond donors (Lipinski definition) is 0. The molecule has 0 saturated carbocycles. The Bertz CT molecular complexity index is 709. The van der Waals surface area contributed by atoms with Gasteiger partial charge in [0, 0.05) is 25.7 Å². The number of thiophene rings is 1. The summed E-state index contributed by atoms with van der Waals surface area (Å²) in [6.45, 7) is 9.77. The van der Waals surface area contributed by atoms with Gasteiger partial charge in [-0.15, -0.1) is 11.3 Å². The Kier molecular flexibility index (Phi) is 4.14. The van der Waals surface area contributed by atoms with Crippen LogP contribution >= 0.6 is 11.3 Å². The first kappa shape index (κ1) is 16.0. The molecule has 6 nitrogen and oxygen atoms in total. The molecule has 1 amide bonds. The monoisotopic (exact) mass is 334 g/mol. The van der Waals surface area contributed by atoms with E-state index in [9.17, 15) is 4.79 Å². The molecule has 3 heterocycles. The minimum Gasteiger partial charge on any atom is -0.444 e. The second kappa shape index (κ2) is 5.96. The number of hydrogen-bond acceptors (Lipinski definition) is 6. The summed E-state index contributed by atoms with van der Waals surface area (Å²) in [5.41, 5.74) is -0.465. The highest BCUT2D eigenvalue weighted by atomic mass is 32.1. The van der Waals surface area contributed by atoms with Crippen LogP contribution in [0.15, 0.2) is 17.8 Å². The zero-order chi connectivity index (χ0) is 16.6. The molecule has 0 aromatic carbocycles. The summed E-state index contributed by atoms with van der Waals surface area (Å²) in [4.78, 5) is 26.0. The summed E-state index contributed by atoms with van der Waals surface area (Å²) in [5, 5.41) is 3.11. The Balaban J connectivity index is 1.74. The standard InChI is InChI=1S/C16H22N4O2S/c1-11-9-19(15(21)22-16(2,3)4)6-7-20(11)13-12-5-8-23-14(12)18-10-17-13/h5,8,10-11H,6-7,9H2,1-4H3. The van der Waals surface area contributed by atoms with Crippen LogP contribution in [0.4, 0.5) is 10.6 Å². The zero-order valence-electron chi connectivity index (χ0n) is 13.9. The third kappa shape index (κ3) is 3.39. The van der Waals surface area contributed by atoms with Crippen molar-refractivity contribution in [2.75, 3.05) is 24.5 Å². The first-order valence-electron chi connectivity index (χ1n) is 7.78. The van der Waals surface area contributed by atoms with Crippen LogP contribution in [0.2, 0.25) is 0 Å². The lowest BCUT2D eigenvalue weighted by Crippen LogP contribution is -2.54. The van der Waals surface area contributed by atoms with Crippen molar-refractivity contribution in [2.24, 2.45) is 0 Å². The quantitative estimate of drug-likeness (QED) is 0.802. The van der Waals surface area contributed by atoms with Crippen molar-refractivity contribution < 1.29 is 9.53 Å². The molecule has 1 saturated heterocycles. The lowest BCUT2D eigenvalue weighted by molar-refractivity contribution is 0.0218. The van der Waals surface area contributed by atoms with Gasteiger partial charge in [0.25, 0.3) is 0 Å². The molecule has 0 radical (unpaired) electrons. The van der Waals surface area contributed by atoms with Crippen LogP contribution in [0, 0.1) is 0 Å². The van der Waals surface area contributed by atoms with E-state index in [0.717, 1.165) is 22.6 Å². The third-order valence-electron chi connectivity index (χ3n) is 3.79. The highest BCUT2D eigenvalue weighted by Crippen LogP contribution is 2.29. The Morgan fingerprint density at radius 1 is 1.35 bits per heavy atom. The molecule has 2 aromatic rings. The maximum Gasteiger partial charge on any atom is 0.410 e. The van der Waals surface area contributed by atoms with Crippen molar-refractivity contribution in [3.05, 3.63) is 17.8 Å². The molecule has 23 heavy (non-hydrogen) atoms. The molecule has 1 fully saturated rings. The topological polar surface area (TPSA) is 58.6 Å². The molecule has 0 N–H and O–H groups in total. The van der Waals surface area contributed by atoms with Crippen molar-refractivity contribution >= 4 is 33.5 Å². The van der Waals surface area contributed by atoms with Gasteiger partial charge in [0.15, 0.2) is 0 Å². The van der Waals surface area contributed by atoms with Crippen LogP contribution in [0.25, 0.3) is 10.2 Å². The lowest BCUT2D eigenvalue weighted by atomic mass is 10.1. The van der Waals surface area contributed by atoms with Crippen LogP contribution in [0.3, 0.4) is 0 Å². The number of aromatic nitrogens is 2. The Morgan fingerprint density at radius 3 is 2.83 bits per heavy atom. The number of carbonyl (C=O) groups excluding carboxylic acids is 1. The number of rotatable bonds is 1. The predicted octanol–water partition coefficient (Wildman–Crippen LogP) is 3.14. The van der Waals surface area contributed by atoms with Gasteiger partial charge >= 0.3 is 6.09 Å². The van der Waals surface area contributed by atoms with Crippen LogP contribution in [-0.4, -0.2) is 52.2 Å². The van der Waals surface area contributed by atoms with Crippen molar-refractivity contribution in [1.29, 1.82) is 0 Å². The summed E-state index contributed by atoms with van der Waals surface area (Å²) >= 11 is 1.62. The number of ether oxygens (including phenoxy) is 1.